The van der Waals surface area contributed by atoms with Crippen LogP contribution in [0.25, 0.3) is 22.5 Å². The Kier molecular flexibility index (Phi) is 8.48. The van der Waals surface area contributed by atoms with Gasteiger partial charge in [-0.15, -0.1) is 0 Å². The van der Waals surface area contributed by atoms with Crippen molar-refractivity contribution in [2.75, 3.05) is 26.0 Å². The number of amides is 1. The quantitative estimate of drug-likeness (QED) is 0.375. The molecule has 0 aliphatic heterocycles. The number of sulfonamides is 1. The van der Waals surface area contributed by atoms with Gasteiger partial charge in [-0.2, -0.15) is 5.10 Å². The Morgan fingerprint density at radius 2 is 1.97 bits per heavy atom. The number of nitrogens with zero attached hydrogens (tertiary/aromatic N) is 4. The van der Waals surface area contributed by atoms with Crippen molar-refractivity contribution in [1.82, 2.24) is 29.8 Å². The van der Waals surface area contributed by atoms with Gasteiger partial charge in [-0.1, -0.05) is 11.6 Å². The third kappa shape index (κ3) is 6.09. The van der Waals surface area contributed by atoms with Crippen LogP contribution in [-0.4, -0.2) is 61.0 Å². The van der Waals surface area contributed by atoms with E-state index in [1.165, 1.54) is 26.4 Å². The van der Waals surface area contributed by atoms with Gasteiger partial charge in [0.15, 0.2) is 5.82 Å². The zero-order valence-corrected chi connectivity index (χ0v) is 21.9. The molecule has 0 aliphatic rings. The van der Waals surface area contributed by atoms with Gasteiger partial charge in [-0.3, -0.25) is 4.68 Å². The smallest absolute Gasteiger partial charge is 0.407 e. The minimum Gasteiger partial charge on any atom is -0.453 e. The molecule has 1 atom stereocenters. The zero-order chi connectivity index (χ0) is 26.6. The number of aromatic nitrogens is 4. The molecule has 14 heteroatoms. The average Bonchev–Trinajstić information content (AvgIpc) is 3.29. The molecule has 1 amide bonds. The number of carbonyl (C=O) groups is 1. The molecule has 0 bridgehead atoms. The van der Waals surface area contributed by atoms with E-state index in [2.05, 4.69) is 35.2 Å². The van der Waals surface area contributed by atoms with Crippen molar-refractivity contribution in [3.05, 3.63) is 41.4 Å². The highest BCUT2D eigenvalue weighted by Crippen LogP contribution is 2.36. The van der Waals surface area contributed by atoms with Crippen molar-refractivity contribution < 1.29 is 22.3 Å². The van der Waals surface area contributed by atoms with Crippen molar-refractivity contribution >= 4 is 33.7 Å². The Morgan fingerprint density at radius 1 is 1.25 bits per heavy atom. The van der Waals surface area contributed by atoms with E-state index in [0.29, 0.717) is 17.8 Å². The van der Waals surface area contributed by atoms with Crippen molar-refractivity contribution in [2.45, 2.75) is 37.8 Å². The second-order valence-corrected chi connectivity index (χ2v) is 10.4. The lowest BCUT2D eigenvalue weighted by atomic mass is 10.1. The fourth-order valence-electron chi connectivity index (χ4n) is 3.23. The molecule has 3 aromatic rings. The maximum Gasteiger partial charge on any atom is 0.407 e. The summed E-state index contributed by atoms with van der Waals surface area (Å²) in [5.74, 6) is -0.724. The van der Waals surface area contributed by atoms with Gasteiger partial charge in [-0.05, 0) is 46.0 Å². The lowest BCUT2D eigenvalue weighted by molar-refractivity contribution is 0.168. The summed E-state index contributed by atoms with van der Waals surface area (Å²) in [7, 11) is -1.66. The van der Waals surface area contributed by atoms with Gasteiger partial charge in [0.2, 0.25) is 16.0 Å². The molecule has 2 heterocycles. The Hall–Kier alpha value is -3.29. The van der Waals surface area contributed by atoms with Crippen molar-refractivity contribution in [2.24, 2.45) is 0 Å². The molecule has 0 aliphatic carbocycles. The zero-order valence-electron chi connectivity index (χ0n) is 20.3. The summed E-state index contributed by atoms with van der Waals surface area (Å²) in [6, 6.07) is 3.63. The monoisotopic (exact) mass is 539 g/mol. The van der Waals surface area contributed by atoms with Crippen LogP contribution in [0.4, 0.5) is 15.1 Å². The van der Waals surface area contributed by atoms with E-state index in [9.17, 15) is 13.2 Å². The number of methoxy groups -OCH3 is 1. The van der Waals surface area contributed by atoms with Gasteiger partial charge >= 0.3 is 6.09 Å². The number of nitrogens with one attached hydrogen (secondary N) is 3. The van der Waals surface area contributed by atoms with Crippen LogP contribution in [0, 0.1) is 5.82 Å². The van der Waals surface area contributed by atoms with E-state index in [0.717, 1.165) is 6.07 Å². The fourth-order valence-corrected chi connectivity index (χ4v) is 4.36. The van der Waals surface area contributed by atoms with E-state index < -0.39 is 26.8 Å². The third-order valence-electron chi connectivity index (χ3n) is 5.13. The first-order chi connectivity index (χ1) is 17.0. The molecule has 0 fully saturated rings. The number of carbonyl (C=O) groups excluding carboxylic acids is 1. The molecular formula is C22H27ClFN7O4S. The SMILES string of the molecule is CNS(=O)(=O)c1cc(Cl)cc(-c2nn(C(C)C)cc2-c2ccnc(NC[C@H](C)NC(=O)OC)n2)c1F. The average molecular weight is 540 g/mol. The van der Waals surface area contributed by atoms with Crippen LogP contribution in [0.5, 0.6) is 0 Å². The molecule has 2 aromatic heterocycles. The number of hydrogen-bond acceptors (Lipinski definition) is 8. The lowest BCUT2D eigenvalue weighted by Gasteiger charge is -2.14. The van der Waals surface area contributed by atoms with E-state index in [-0.39, 0.29) is 34.3 Å². The first-order valence-electron chi connectivity index (χ1n) is 10.9. The third-order valence-corrected chi connectivity index (χ3v) is 6.76. The number of rotatable bonds is 9. The molecule has 3 N–H and O–H groups in total. The Bertz CT molecular complexity index is 1360. The van der Waals surface area contributed by atoms with Crippen molar-refractivity contribution in [1.29, 1.82) is 0 Å². The normalized spacial score (nSPS) is 12.4. The molecule has 0 saturated carbocycles. The number of benzene rings is 1. The number of alkyl carbamates (subject to hydrolysis) is 1. The van der Waals surface area contributed by atoms with Gasteiger partial charge in [-0.25, -0.2) is 32.3 Å². The molecule has 0 spiro atoms. The number of ether oxygens (including phenoxy) is 1. The van der Waals surface area contributed by atoms with E-state index in [1.54, 1.807) is 23.9 Å². The molecular weight excluding hydrogens is 513 g/mol. The standard InChI is InChI=1S/C22H27ClFN7O4S/c1-12(2)31-11-16(17-6-7-26-21(29-17)27-10-13(3)28-22(32)35-5)20(30-31)15-8-14(23)9-18(19(15)24)36(33,34)25-4/h6-9,11-13,25H,10H2,1-5H3,(H,28,32)(H,26,27,29)/t13-/m0/s1. The van der Waals surface area contributed by atoms with Crippen LogP contribution < -0.4 is 15.4 Å². The van der Waals surface area contributed by atoms with Crippen LogP contribution in [0.3, 0.4) is 0 Å². The van der Waals surface area contributed by atoms with E-state index in [4.69, 9.17) is 11.6 Å². The number of anilines is 1. The van der Waals surface area contributed by atoms with Crippen LogP contribution in [-0.2, 0) is 14.8 Å². The molecule has 1 aromatic carbocycles. The second-order valence-electron chi connectivity index (χ2n) is 8.12. The van der Waals surface area contributed by atoms with Crippen LogP contribution in [0.1, 0.15) is 26.8 Å². The van der Waals surface area contributed by atoms with Crippen molar-refractivity contribution in [3.63, 3.8) is 0 Å². The molecule has 3 rings (SSSR count). The topological polar surface area (TPSA) is 140 Å². The summed E-state index contributed by atoms with van der Waals surface area (Å²) in [5, 5.41) is 10.2. The van der Waals surface area contributed by atoms with Crippen LogP contribution in [0.15, 0.2) is 35.5 Å². The summed E-state index contributed by atoms with van der Waals surface area (Å²) >= 11 is 6.18. The van der Waals surface area contributed by atoms with E-state index >= 15 is 4.39 Å². The van der Waals surface area contributed by atoms with Gasteiger partial charge in [0.1, 0.15) is 10.6 Å². The first-order valence-corrected chi connectivity index (χ1v) is 12.8. The molecule has 0 saturated heterocycles. The highest BCUT2D eigenvalue weighted by Gasteiger charge is 2.26. The van der Waals surface area contributed by atoms with Gasteiger partial charge < -0.3 is 15.4 Å². The summed E-state index contributed by atoms with van der Waals surface area (Å²) in [6.07, 6.45) is 2.65. The number of hydrogen-bond donors (Lipinski definition) is 3. The largest absolute Gasteiger partial charge is 0.453 e. The van der Waals surface area contributed by atoms with Crippen LogP contribution in [0.2, 0.25) is 5.02 Å². The van der Waals surface area contributed by atoms with Crippen molar-refractivity contribution in [3.8, 4) is 22.5 Å². The second kappa shape index (κ2) is 11.2. The summed E-state index contributed by atoms with van der Waals surface area (Å²) in [5.41, 5.74) is 0.945. The Balaban J connectivity index is 2.06. The highest BCUT2D eigenvalue weighted by atomic mass is 35.5. The molecule has 0 radical (unpaired) electrons. The Morgan fingerprint density at radius 3 is 2.61 bits per heavy atom. The fraction of sp³-hybridized carbons (Fsp3) is 0.364. The van der Waals surface area contributed by atoms with Gasteiger partial charge in [0.05, 0.1) is 12.8 Å². The maximum atomic E-state index is 15.5. The molecule has 194 valence electrons. The molecule has 11 nitrogen and oxygen atoms in total. The van der Waals surface area contributed by atoms with Crippen LogP contribution >= 0.6 is 11.6 Å². The van der Waals surface area contributed by atoms with Gasteiger partial charge in [0, 0.05) is 47.2 Å². The molecule has 36 heavy (non-hydrogen) atoms. The minimum atomic E-state index is -4.12. The summed E-state index contributed by atoms with van der Waals surface area (Å²) in [6.45, 7) is 5.88. The predicted molar refractivity (Wildman–Crippen MR) is 134 cm³/mol. The van der Waals surface area contributed by atoms with E-state index in [1.807, 2.05) is 13.8 Å². The highest BCUT2D eigenvalue weighted by molar-refractivity contribution is 7.89. The Labute approximate surface area is 213 Å². The number of halogens is 2. The predicted octanol–water partition coefficient (Wildman–Crippen LogP) is 3.45. The lowest BCUT2D eigenvalue weighted by Crippen LogP contribution is -2.37. The minimum absolute atomic E-state index is 0.0300. The summed E-state index contributed by atoms with van der Waals surface area (Å²) < 4.78 is 48.6. The first kappa shape index (κ1) is 27.3. The summed E-state index contributed by atoms with van der Waals surface area (Å²) in [4.78, 5) is 19.5. The van der Waals surface area contributed by atoms with Gasteiger partial charge in [0.25, 0.3) is 0 Å². The maximum absolute atomic E-state index is 15.5. The molecule has 0 unspecified atom stereocenters.